The van der Waals surface area contributed by atoms with Crippen LogP contribution in [0.2, 0.25) is 0 Å². The zero-order valence-electron chi connectivity index (χ0n) is 6.95. The van der Waals surface area contributed by atoms with Gasteiger partial charge in [-0.05, 0) is 34.3 Å². The van der Waals surface area contributed by atoms with E-state index in [1.54, 1.807) is 7.11 Å². The van der Waals surface area contributed by atoms with Crippen LogP contribution in [0.3, 0.4) is 0 Å². The molecule has 1 rings (SSSR count). The van der Waals surface area contributed by atoms with Crippen molar-refractivity contribution in [2.24, 2.45) is 0 Å². The third-order valence-corrected chi connectivity index (χ3v) is 3.67. The summed E-state index contributed by atoms with van der Waals surface area (Å²) in [5, 5.41) is 11.6. The van der Waals surface area contributed by atoms with Gasteiger partial charge in [0.05, 0.1) is 6.10 Å². The van der Waals surface area contributed by atoms with Gasteiger partial charge in [0.15, 0.2) is 0 Å². The molecule has 0 aliphatic heterocycles. The molecule has 1 aromatic rings. The van der Waals surface area contributed by atoms with Gasteiger partial charge >= 0.3 is 0 Å². The Morgan fingerprint density at radius 2 is 2.33 bits per heavy atom. The Hall–Kier alpha value is 0.100. The fourth-order valence-corrected chi connectivity index (χ4v) is 2.54. The molecule has 2 atom stereocenters. The van der Waals surface area contributed by atoms with Crippen molar-refractivity contribution in [3.63, 3.8) is 0 Å². The Bertz CT molecular complexity index is 249. The third kappa shape index (κ3) is 2.07. The van der Waals surface area contributed by atoms with Crippen molar-refractivity contribution >= 4 is 27.3 Å². The van der Waals surface area contributed by atoms with Gasteiger partial charge in [-0.2, -0.15) is 0 Å². The largest absolute Gasteiger partial charge is 0.385 e. The lowest BCUT2D eigenvalue weighted by Gasteiger charge is -2.16. The first-order valence-corrected chi connectivity index (χ1v) is 5.27. The van der Waals surface area contributed by atoms with Crippen LogP contribution in [0.4, 0.5) is 0 Å². The number of aliphatic hydroxyl groups is 1. The van der Waals surface area contributed by atoms with Crippen LogP contribution in [0, 0.1) is 0 Å². The van der Waals surface area contributed by atoms with Gasteiger partial charge in [-0.15, -0.1) is 11.3 Å². The predicted octanol–water partition coefficient (Wildman–Crippen LogP) is 2.58. The summed E-state index contributed by atoms with van der Waals surface area (Å²) in [5.74, 6) is 0. The lowest BCUT2D eigenvalue weighted by molar-refractivity contribution is 0.000110. The van der Waals surface area contributed by atoms with Gasteiger partial charge in [-0.25, -0.2) is 0 Å². The highest BCUT2D eigenvalue weighted by Gasteiger charge is 2.19. The van der Waals surface area contributed by atoms with E-state index in [2.05, 4.69) is 15.9 Å². The molecule has 0 bridgehead atoms. The Labute approximate surface area is 84.3 Å². The number of hydrogen-bond donors (Lipinski definition) is 1. The van der Waals surface area contributed by atoms with E-state index in [1.807, 2.05) is 18.4 Å². The fraction of sp³-hybridized carbons (Fsp3) is 0.500. The van der Waals surface area contributed by atoms with Crippen molar-refractivity contribution < 1.29 is 9.84 Å². The first-order chi connectivity index (χ1) is 5.66. The van der Waals surface area contributed by atoms with Gasteiger partial charge in [0.2, 0.25) is 0 Å². The van der Waals surface area contributed by atoms with Crippen molar-refractivity contribution in [3.8, 4) is 0 Å². The van der Waals surface area contributed by atoms with Gasteiger partial charge in [-0.3, -0.25) is 0 Å². The molecule has 0 fully saturated rings. The minimum atomic E-state index is -0.538. The van der Waals surface area contributed by atoms with Crippen LogP contribution in [0.25, 0.3) is 0 Å². The Kier molecular flexibility index (Phi) is 3.71. The highest BCUT2D eigenvalue weighted by Crippen LogP contribution is 2.31. The molecule has 4 heteroatoms. The molecule has 2 nitrogen and oxygen atoms in total. The molecule has 2 unspecified atom stereocenters. The van der Waals surface area contributed by atoms with Crippen LogP contribution in [0.1, 0.15) is 17.9 Å². The van der Waals surface area contributed by atoms with Gasteiger partial charge in [0.1, 0.15) is 6.10 Å². The number of rotatable bonds is 3. The molecule has 1 aromatic heterocycles. The van der Waals surface area contributed by atoms with E-state index >= 15 is 0 Å². The summed E-state index contributed by atoms with van der Waals surface area (Å²) in [6, 6.07) is 1.92. The second-order valence-electron chi connectivity index (χ2n) is 2.52. The number of hydrogen-bond acceptors (Lipinski definition) is 3. The van der Waals surface area contributed by atoms with Gasteiger partial charge < -0.3 is 9.84 Å². The van der Waals surface area contributed by atoms with Crippen LogP contribution >= 0.6 is 27.3 Å². The van der Waals surface area contributed by atoms with Crippen LogP contribution in [0.5, 0.6) is 0 Å². The zero-order valence-corrected chi connectivity index (χ0v) is 9.35. The van der Waals surface area contributed by atoms with Crippen molar-refractivity contribution in [1.29, 1.82) is 0 Å². The number of methoxy groups -OCH3 is 1. The van der Waals surface area contributed by atoms with E-state index in [4.69, 9.17) is 4.74 Å². The Morgan fingerprint density at radius 3 is 2.75 bits per heavy atom. The molecule has 1 heterocycles. The monoisotopic (exact) mass is 250 g/mol. The van der Waals surface area contributed by atoms with E-state index in [-0.39, 0.29) is 6.10 Å². The van der Waals surface area contributed by atoms with Gasteiger partial charge in [0, 0.05) is 16.5 Å². The minimum absolute atomic E-state index is 0.167. The Morgan fingerprint density at radius 1 is 1.67 bits per heavy atom. The van der Waals surface area contributed by atoms with Crippen molar-refractivity contribution in [3.05, 3.63) is 20.8 Å². The topological polar surface area (TPSA) is 29.5 Å². The van der Waals surface area contributed by atoms with Crippen LogP contribution in [-0.2, 0) is 4.74 Å². The second-order valence-corrected chi connectivity index (χ2v) is 4.32. The fourth-order valence-electron chi connectivity index (χ4n) is 0.859. The minimum Gasteiger partial charge on any atom is -0.385 e. The van der Waals surface area contributed by atoms with Crippen LogP contribution < -0.4 is 0 Å². The van der Waals surface area contributed by atoms with E-state index in [0.29, 0.717) is 0 Å². The summed E-state index contributed by atoms with van der Waals surface area (Å²) in [6.45, 7) is 1.84. The second kappa shape index (κ2) is 4.37. The first-order valence-electron chi connectivity index (χ1n) is 3.60. The standard InChI is InChI=1S/C8H11BrO2S/c1-5(11-2)7(10)8-6(9)3-4-12-8/h3-5,7,10H,1-2H3. The maximum Gasteiger partial charge on any atom is 0.115 e. The molecule has 0 aliphatic carbocycles. The number of aliphatic hydroxyl groups excluding tert-OH is 1. The highest BCUT2D eigenvalue weighted by atomic mass is 79.9. The average Bonchev–Trinajstić information content (AvgIpc) is 2.48. The molecular formula is C8H11BrO2S. The number of thiophene rings is 1. The van der Waals surface area contributed by atoms with Crippen molar-refractivity contribution in [2.45, 2.75) is 19.1 Å². The summed E-state index contributed by atoms with van der Waals surface area (Å²) in [6.07, 6.45) is -0.704. The maximum atomic E-state index is 9.71. The molecular weight excluding hydrogens is 240 g/mol. The van der Waals surface area contributed by atoms with Crippen LogP contribution in [0.15, 0.2) is 15.9 Å². The van der Waals surface area contributed by atoms with Crippen molar-refractivity contribution in [2.75, 3.05) is 7.11 Å². The van der Waals surface area contributed by atoms with E-state index in [1.165, 1.54) is 11.3 Å². The highest BCUT2D eigenvalue weighted by molar-refractivity contribution is 9.10. The van der Waals surface area contributed by atoms with Crippen LogP contribution in [-0.4, -0.2) is 18.3 Å². The average molecular weight is 251 g/mol. The molecule has 0 radical (unpaired) electrons. The molecule has 0 aliphatic rings. The molecule has 0 saturated heterocycles. The zero-order chi connectivity index (χ0) is 9.14. The maximum absolute atomic E-state index is 9.71. The molecule has 0 amide bonds. The first kappa shape index (κ1) is 10.2. The predicted molar refractivity (Wildman–Crippen MR) is 53.4 cm³/mol. The summed E-state index contributed by atoms with van der Waals surface area (Å²) in [7, 11) is 1.59. The number of ether oxygens (including phenoxy) is 1. The summed E-state index contributed by atoms with van der Waals surface area (Å²) >= 11 is 4.88. The molecule has 0 spiro atoms. The molecule has 0 saturated carbocycles. The number of halogens is 1. The summed E-state index contributed by atoms with van der Waals surface area (Å²) in [5.41, 5.74) is 0. The van der Waals surface area contributed by atoms with E-state index in [0.717, 1.165) is 9.35 Å². The molecule has 68 valence electrons. The molecule has 0 aromatic carbocycles. The SMILES string of the molecule is COC(C)C(O)c1sccc1Br. The normalized spacial score (nSPS) is 16.0. The van der Waals surface area contributed by atoms with Gasteiger partial charge in [0.25, 0.3) is 0 Å². The lowest BCUT2D eigenvalue weighted by atomic mass is 10.2. The van der Waals surface area contributed by atoms with E-state index in [9.17, 15) is 5.11 Å². The quantitative estimate of drug-likeness (QED) is 0.894. The molecule has 1 N–H and O–H groups in total. The molecule has 12 heavy (non-hydrogen) atoms. The Balaban J connectivity index is 2.77. The van der Waals surface area contributed by atoms with Gasteiger partial charge in [-0.1, -0.05) is 0 Å². The lowest BCUT2D eigenvalue weighted by Crippen LogP contribution is -2.15. The smallest absolute Gasteiger partial charge is 0.115 e. The van der Waals surface area contributed by atoms with Crippen molar-refractivity contribution in [1.82, 2.24) is 0 Å². The van der Waals surface area contributed by atoms with E-state index < -0.39 is 6.10 Å². The summed E-state index contributed by atoms with van der Waals surface area (Å²) < 4.78 is 5.97. The third-order valence-electron chi connectivity index (χ3n) is 1.73. The summed E-state index contributed by atoms with van der Waals surface area (Å²) in [4.78, 5) is 0.921.